The first-order valence-corrected chi connectivity index (χ1v) is 3.90. The standard InChI is InChI=1S/C7H8O8/c8-3-2(15-6(12)4(3)9)1-14-7(13)5(10)11/h2-4,8-9H,1H2,(H,10,11)/t2-,3-,4-/m1/s1. The van der Waals surface area contributed by atoms with Crippen LogP contribution in [0.1, 0.15) is 0 Å². The maximum Gasteiger partial charge on any atom is 0.417 e. The van der Waals surface area contributed by atoms with Crippen LogP contribution in [0.4, 0.5) is 0 Å². The van der Waals surface area contributed by atoms with Crippen molar-refractivity contribution in [2.75, 3.05) is 6.61 Å². The van der Waals surface area contributed by atoms with Crippen molar-refractivity contribution in [3.63, 3.8) is 0 Å². The van der Waals surface area contributed by atoms with E-state index in [1.165, 1.54) is 0 Å². The molecule has 8 nitrogen and oxygen atoms in total. The van der Waals surface area contributed by atoms with E-state index in [0.717, 1.165) is 0 Å². The van der Waals surface area contributed by atoms with Gasteiger partial charge >= 0.3 is 17.9 Å². The number of carbonyl (C=O) groups is 3. The molecule has 3 N–H and O–H groups in total. The van der Waals surface area contributed by atoms with Crippen molar-refractivity contribution in [1.82, 2.24) is 0 Å². The second kappa shape index (κ2) is 4.24. The second-order valence-corrected chi connectivity index (χ2v) is 2.81. The van der Waals surface area contributed by atoms with Crippen molar-refractivity contribution in [1.29, 1.82) is 0 Å². The molecule has 0 aromatic rings. The predicted molar refractivity (Wildman–Crippen MR) is 40.5 cm³/mol. The van der Waals surface area contributed by atoms with Crippen LogP contribution in [0.3, 0.4) is 0 Å². The topological polar surface area (TPSA) is 130 Å². The van der Waals surface area contributed by atoms with Crippen molar-refractivity contribution >= 4 is 17.9 Å². The average molecular weight is 220 g/mol. The third-order valence-electron chi connectivity index (χ3n) is 1.77. The van der Waals surface area contributed by atoms with Crippen LogP contribution in [0.2, 0.25) is 0 Å². The van der Waals surface area contributed by atoms with E-state index in [9.17, 15) is 14.4 Å². The molecule has 1 aliphatic heterocycles. The summed E-state index contributed by atoms with van der Waals surface area (Å²) in [5.74, 6) is -4.37. The minimum Gasteiger partial charge on any atom is -0.473 e. The Hall–Kier alpha value is -1.67. The maximum absolute atomic E-state index is 10.7. The molecule has 1 rings (SSSR count). The van der Waals surface area contributed by atoms with E-state index in [1.807, 2.05) is 0 Å². The Bertz CT molecular complexity index is 297. The van der Waals surface area contributed by atoms with E-state index in [-0.39, 0.29) is 0 Å². The largest absolute Gasteiger partial charge is 0.473 e. The number of ether oxygens (including phenoxy) is 2. The summed E-state index contributed by atoms with van der Waals surface area (Å²) in [7, 11) is 0. The highest BCUT2D eigenvalue weighted by atomic mass is 16.6. The quantitative estimate of drug-likeness (QED) is 0.337. The smallest absolute Gasteiger partial charge is 0.417 e. The summed E-state index contributed by atoms with van der Waals surface area (Å²) >= 11 is 0. The highest BCUT2D eigenvalue weighted by Crippen LogP contribution is 2.15. The SMILES string of the molecule is O=C(O)C(=O)OC[C@H]1OC(=O)[C@H](O)[C@@H]1O. The van der Waals surface area contributed by atoms with Crippen LogP contribution < -0.4 is 0 Å². The average Bonchev–Trinajstić information content (AvgIpc) is 2.42. The molecular formula is C7H8O8. The van der Waals surface area contributed by atoms with E-state index < -0.39 is 42.8 Å². The number of carboxylic acids is 1. The Morgan fingerprint density at radius 3 is 2.40 bits per heavy atom. The van der Waals surface area contributed by atoms with E-state index >= 15 is 0 Å². The predicted octanol–water partition coefficient (Wildman–Crippen LogP) is -2.74. The third-order valence-corrected chi connectivity index (χ3v) is 1.77. The number of hydrogen-bond donors (Lipinski definition) is 3. The normalized spacial score (nSPS) is 29.7. The van der Waals surface area contributed by atoms with Crippen LogP contribution in [0.15, 0.2) is 0 Å². The van der Waals surface area contributed by atoms with Gasteiger partial charge in [0.1, 0.15) is 12.7 Å². The molecule has 0 aliphatic carbocycles. The van der Waals surface area contributed by atoms with Crippen molar-refractivity contribution < 1.29 is 39.2 Å². The fraction of sp³-hybridized carbons (Fsp3) is 0.571. The minimum atomic E-state index is -1.80. The number of aliphatic hydroxyl groups is 2. The minimum absolute atomic E-state index is 0.616. The highest BCUT2D eigenvalue weighted by molar-refractivity contribution is 6.28. The molecule has 1 heterocycles. The summed E-state index contributed by atoms with van der Waals surface area (Å²) in [6.45, 7) is -0.616. The number of esters is 2. The summed E-state index contributed by atoms with van der Waals surface area (Å²) < 4.78 is 8.57. The van der Waals surface area contributed by atoms with Gasteiger partial charge in [-0.3, -0.25) is 0 Å². The van der Waals surface area contributed by atoms with Crippen molar-refractivity contribution in [2.45, 2.75) is 18.3 Å². The molecule has 0 bridgehead atoms. The summed E-state index contributed by atoms with van der Waals surface area (Å²) in [5, 5.41) is 26.2. The van der Waals surface area contributed by atoms with Gasteiger partial charge in [-0.2, -0.15) is 0 Å². The molecule has 0 unspecified atom stereocenters. The zero-order valence-electron chi connectivity index (χ0n) is 7.32. The molecule has 84 valence electrons. The fourth-order valence-electron chi connectivity index (χ4n) is 0.984. The molecular weight excluding hydrogens is 212 g/mol. The highest BCUT2D eigenvalue weighted by Gasteiger charge is 2.43. The fourth-order valence-corrected chi connectivity index (χ4v) is 0.984. The molecule has 0 aromatic heterocycles. The van der Waals surface area contributed by atoms with E-state index in [1.54, 1.807) is 0 Å². The van der Waals surface area contributed by atoms with Crippen LogP contribution in [-0.2, 0) is 23.9 Å². The van der Waals surface area contributed by atoms with Crippen LogP contribution in [0.25, 0.3) is 0 Å². The number of aliphatic hydroxyl groups excluding tert-OH is 2. The molecule has 15 heavy (non-hydrogen) atoms. The van der Waals surface area contributed by atoms with Crippen LogP contribution in [0, 0.1) is 0 Å². The molecule has 1 saturated heterocycles. The van der Waals surface area contributed by atoms with E-state index in [0.29, 0.717) is 0 Å². The lowest BCUT2D eigenvalue weighted by atomic mass is 10.1. The summed E-state index contributed by atoms with van der Waals surface area (Å²) in [4.78, 5) is 31.2. The second-order valence-electron chi connectivity index (χ2n) is 2.81. The Morgan fingerprint density at radius 1 is 1.40 bits per heavy atom. The van der Waals surface area contributed by atoms with Crippen LogP contribution in [0.5, 0.6) is 0 Å². The van der Waals surface area contributed by atoms with Gasteiger partial charge in [-0.25, -0.2) is 14.4 Å². The van der Waals surface area contributed by atoms with Crippen molar-refractivity contribution in [3.05, 3.63) is 0 Å². The van der Waals surface area contributed by atoms with Gasteiger partial charge in [0.05, 0.1) is 0 Å². The number of cyclic esters (lactones) is 1. The summed E-state index contributed by atoms with van der Waals surface area (Å²) in [6, 6.07) is 0. The molecule has 1 fully saturated rings. The number of aliphatic carboxylic acids is 1. The Balaban J connectivity index is 2.44. The zero-order chi connectivity index (χ0) is 11.6. The van der Waals surface area contributed by atoms with Gasteiger partial charge in [0, 0.05) is 0 Å². The van der Waals surface area contributed by atoms with Crippen molar-refractivity contribution in [3.8, 4) is 0 Å². The summed E-state index contributed by atoms with van der Waals surface area (Å²) in [5.41, 5.74) is 0. The van der Waals surface area contributed by atoms with Gasteiger partial charge in [0.15, 0.2) is 12.2 Å². The number of rotatable bonds is 2. The van der Waals surface area contributed by atoms with Gasteiger partial charge in [0.2, 0.25) is 0 Å². The summed E-state index contributed by atoms with van der Waals surface area (Å²) in [6.07, 6.45) is -4.46. The van der Waals surface area contributed by atoms with Gasteiger partial charge in [-0.15, -0.1) is 0 Å². The van der Waals surface area contributed by atoms with Gasteiger partial charge < -0.3 is 24.8 Å². The first-order chi connectivity index (χ1) is 6.93. The van der Waals surface area contributed by atoms with Gasteiger partial charge in [0.25, 0.3) is 0 Å². The van der Waals surface area contributed by atoms with Crippen LogP contribution in [-0.4, -0.2) is 58.1 Å². The Morgan fingerprint density at radius 2 is 2.00 bits per heavy atom. The molecule has 0 spiro atoms. The first kappa shape index (κ1) is 11.4. The molecule has 3 atom stereocenters. The first-order valence-electron chi connectivity index (χ1n) is 3.90. The number of hydrogen-bond acceptors (Lipinski definition) is 7. The molecule has 0 amide bonds. The monoisotopic (exact) mass is 220 g/mol. The third kappa shape index (κ3) is 2.42. The van der Waals surface area contributed by atoms with E-state index in [4.69, 9.17) is 15.3 Å². The molecule has 1 aliphatic rings. The number of carbonyl (C=O) groups excluding carboxylic acids is 2. The maximum atomic E-state index is 10.7. The number of carboxylic acid groups (broad SMARTS) is 1. The molecule has 0 radical (unpaired) electrons. The van der Waals surface area contributed by atoms with Crippen molar-refractivity contribution in [2.24, 2.45) is 0 Å². The van der Waals surface area contributed by atoms with Gasteiger partial charge in [-0.05, 0) is 0 Å². The van der Waals surface area contributed by atoms with E-state index in [2.05, 4.69) is 9.47 Å². The molecule has 0 saturated carbocycles. The molecule has 8 heteroatoms. The Labute approximate surface area is 83.0 Å². The zero-order valence-corrected chi connectivity index (χ0v) is 7.32. The van der Waals surface area contributed by atoms with Gasteiger partial charge in [-0.1, -0.05) is 0 Å². The lowest BCUT2D eigenvalue weighted by Gasteiger charge is -2.12. The van der Waals surface area contributed by atoms with Crippen LogP contribution >= 0.6 is 0 Å². The Kier molecular flexibility index (Phi) is 3.22. The lowest BCUT2D eigenvalue weighted by Crippen LogP contribution is -2.34. The lowest BCUT2D eigenvalue weighted by molar-refractivity contribution is -0.167. The molecule has 0 aromatic carbocycles.